The average molecular weight is 391 g/mol. The van der Waals surface area contributed by atoms with Gasteiger partial charge in [-0.25, -0.2) is 9.97 Å². The van der Waals surface area contributed by atoms with E-state index in [2.05, 4.69) is 9.97 Å². The average Bonchev–Trinajstić information content (AvgIpc) is 3.16. The predicted molar refractivity (Wildman–Crippen MR) is 98.9 cm³/mol. The summed E-state index contributed by atoms with van der Waals surface area (Å²) in [4.78, 5) is 8.12. The molecule has 0 aliphatic carbocycles. The molecule has 0 bridgehead atoms. The van der Waals surface area contributed by atoms with Crippen LogP contribution in [0.4, 0.5) is 5.82 Å². The van der Waals surface area contributed by atoms with Crippen LogP contribution in [0.5, 0.6) is 0 Å². The van der Waals surface area contributed by atoms with Gasteiger partial charge in [-0.2, -0.15) is 0 Å². The summed E-state index contributed by atoms with van der Waals surface area (Å²) in [7, 11) is 0. The molecule has 2 aromatic heterocycles. The molecule has 1 aliphatic rings. The van der Waals surface area contributed by atoms with E-state index < -0.39 is 30.1 Å². The van der Waals surface area contributed by atoms with Gasteiger partial charge in [-0.05, 0) is 30.7 Å². The van der Waals surface area contributed by atoms with Crippen molar-refractivity contribution in [3.05, 3.63) is 53.4 Å². The highest BCUT2D eigenvalue weighted by Gasteiger charge is 2.55. The number of rotatable bonds is 3. The van der Waals surface area contributed by atoms with Crippen LogP contribution < -0.4 is 5.73 Å². The molecule has 1 unspecified atom stereocenters. The largest absolute Gasteiger partial charge is 0.386 e. The van der Waals surface area contributed by atoms with Crippen LogP contribution in [0.25, 0.3) is 11.0 Å². The number of nitrogen functional groups attached to an aromatic ring is 1. The highest BCUT2D eigenvalue weighted by atomic mass is 35.5. The Morgan fingerprint density at radius 1 is 1.26 bits per heavy atom. The molecule has 0 spiro atoms. The van der Waals surface area contributed by atoms with E-state index in [9.17, 15) is 15.3 Å². The molecule has 1 aliphatic heterocycles. The van der Waals surface area contributed by atoms with Crippen molar-refractivity contribution < 1.29 is 20.1 Å². The standard InChI is InChI=1S/C18H19ClN4O4/c1-18(26)13(25)17(23-7-6-11-15(20)21-8-22-16(11)23)27-14(18)12(24)9-2-4-10(19)5-3-9/h2-8,12-14,17,24-26H,1H3,(H2,20,21,22)/t12?,13-,14+,17+,18-/m0/s1. The number of hydrogen-bond donors (Lipinski definition) is 4. The highest BCUT2D eigenvalue weighted by Crippen LogP contribution is 2.43. The minimum atomic E-state index is -1.71. The first kappa shape index (κ1) is 18.1. The Balaban J connectivity index is 1.70. The molecule has 9 heteroatoms. The molecule has 0 radical (unpaired) electrons. The number of nitrogens with zero attached hydrogens (tertiary/aromatic N) is 3. The molecule has 5 N–H and O–H groups in total. The van der Waals surface area contributed by atoms with E-state index in [-0.39, 0.29) is 0 Å². The zero-order valence-electron chi connectivity index (χ0n) is 14.4. The Bertz CT molecular complexity index is 975. The van der Waals surface area contributed by atoms with Gasteiger partial charge >= 0.3 is 0 Å². The van der Waals surface area contributed by atoms with Crippen LogP contribution in [-0.2, 0) is 4.74 Å². The van der Waals surface area contributed by atoms with Gasteiger partial charge in [0.1, 0.15) is 41.7 Å². The summed E-state index contributed by atoms with van der Waals surface area (Å²) in [5, 5.41) is 33.5. The molecular weight excluding hydrogens is 372 g/mol. The molecular formula is C18H19ClN4O4. The number of anilines is 1. The minimum absolute atomic E-state index is 0.302. The van der Waals surface area contributed by atoms with Gasteiger partial charge in [-0.15, -0.1) is 0 Å². The number of nitrogens with two attached hydrogens (primary N) is 1. The van der Waals surface area contributed by atoms with Crippen LogP contribution in [-0.4, -0.2) is 47.7 Å². The van der Waals surface area contributed by atoms with Crippen molar-refractivity contribution in [3.8, 4) is 0 Å². The maximum absolute atomic E-state index is 10.9. The fourth-order valence-corrected chi connectivity index (χ4v) is 3.59. The summed E-state index contributed by atoms with van der Waals surface area (Å²) in [6, 6.07) is 8.27. The van der Waals surface area contributed by atoms with E-state index in [1.54, 1.807) is 41.1 Å². The maximum atomic E-state index is 10.9. The number of ether oxygens (including phenoxy) is 1. The van der Waals surface area contributed by atoms with Crippen LogP contribution in [0.2, 0.25) is 5.02 Å². The quantitative estimate of drug-likeness (QED) is 0.532. The molecule has 1 fully saturated rings. The second kappa shape index (κ2) is 6.43. The first-order valence-corrected chi connectivity index (χ1v) is 8.75. The molecule has 0 saturated carbocycles. The summed E-state index contributed by atoms with van der Waals surface area (Å²) in [5.74, 6) is 0.302. The third kappa shape index (κ3) is 2.86. The number of fused-ring (bicyclic) bond motifs is 1. The van der Waals surface area contributed by atoms with Crippen molar-refractivity contribution in [1.29, 1.82) is 0 Å². The van der Waals surface area contributed by atoms with Gasteiger partial charge < -0.3 is 30.4 Å². The minimum Gasteiger partial charge on any atom is -0.386 e. The smallest absolute Gasteiger partial charge is 0.164 e. The number of hydrogen-bond acceptors (Lipinski definition) is 7. The van der Waals surface area contributed by atoms with Crippen LogP contribution in [0.1, 0.15) is 24.8 Å². The zero-order valence-corrected chi connectivity index (χ0v) is 15.2. The Kier molecular flexibility index (Phi) is 4.32. The Morgan fingerprint density at radius 3 is 2.67 bits per heavy atom. The molecule has 1 saturated heterocycles. The van der Waals surface area contributed by atoms with Crippen LogP contribution in [0, 0.1) is 0 Å². The molecule has 1 aromatic carbocycles. The van der Waals surface area contributed by atoms with Crippen molar-refractivity contribution in [3.63, 3.8) is 0 Å². The summed E-state index contributed by atoms with van der Waals surface area (Å²) in [6.45, 7) is 1.43. The Labute approximate surface area is 159 Å². The Morgan fingerprint density at radius 2 is 1.96 bits per heavy atom. The lowest BCUT2D eigenvalue weighted by Crippen LogP contribution is -2.47. The van der Waals surface area contributed by atoms with Crippen molar-refractivity contribution in [2.75, 3.05) is 5.73 Å². The summed E-state index contributed by atoms with van der Waals surface area (Å²) in [5.41, 5.74) is 5.12. The lowest BCUT2D eigenvalue weighted by molar-refractivity contribution is -0.115. The molecule has 8 nitrogen and oxygen atoms in total. The van der Waals surface area contributed by atoms with Gasteiger partial charge in [0.15, 0.2) is 6.23 Å². The van der Waals surface area contributed by atoms with E-state index in [1.807, 2.05) is 0 Å². The molecule has 4 rings (SSSR count). The van der Waals surface area contributed by atoms with Crippen LogP contribution >= 0.6 is 11.6 Å². The third-order valence-corrected chi connectivity index (χ3v) is 5.30. The lowest BCUT2D eigenvalue weighted by Gasteiger charge is -2.29. The monoisotopic (exact) mass is 390 g/mol. The van der Waals surface area contributed by atoms with Gasteiger partial charge in [0, 0.05) is 11.2 Å². The first-order valence-electron chi connectivity index (χ1n) is 8.37. The van der Waals surface area contributed by atoms with Gasteiger partial charge in [-0.1, -0.05) is 23.7 Å². The highest BCUT2D eigenvalue weighted by molar-refractivity contribution is 6.30. The van der Waals surface area contributed by atoms with E-state index in [0.29, 0.717) is 27.4 Å². The Hall–Kier alpha value is -2.23. The second-order valence-corrected chi connectivity index (χ2v) is 7.27. The van der Waals surface area contributed by atoms with E-state index in [0.717, 1.165) is 0 Å². The van der Waals surface area contributed by atoms with Gasteiger partial charge in [0.2, 0.25) is 0 Å². The molecule has 3 aromatic rings. The van der Waals surface area contributed by atoms with Crippen molar-refractivity contribution >= 4 is 28.5 Å². The van der Waals surface area contributed by atoms with Gasteiger partial charge in [0.25, 0.3) is 0 Å². The second-order valence-electron chi connectivity index (χ2n) is 6.83. The van der Waals surface area contributed by atoms with E-state index in [4.69, 9.17) is 22.1 Å². The van der Waals surface area contributed by atoms with Crippen molar-refractivity contribution in [1.82, 2.24) is 14.5 Å². The number of benzene rings is 1. The summed E-state index contributed by atoms with van der Waals surface area (Å²) < 4.78 is 7.48. The van der Waals surface area contributed by atoms with Crippen molar-refractivity contribution in [2.45, 2.75) is 37.1 Å². The fourth-order valence-electron chi connectivity index (χ4n) is 3.46. The van der Waals surface area contributed by atoms with Gasteiger partial charge in [-0.3, -0.25) is 0 Å². The topological polar surface area (TPSA) is 127 Å². The number of halogens is 1. The normalized spacial score (nSPS) is 29.3. The molecule has 5 atom stereocenters. The number of aromatic nitrogens is 3. The third-order valence-electron chi connectivity index (χ3n) is 5.04. The van der Waals surface area contributed by atoms with E-state index in [1.165, 1.54) is 13.3 Å². The maximum Gasteiger partial charge on any atom is 0.164 e. The SMILES string of the molecule is C[C@@]1(O)[C@@H](C(O)c2ccc(Cl)cc2)O[C@@H](n2ccc3c(N)ncnc32)[C@@H]1O. The predicted octanol–water partition coefficient (Wildman–Crippen LogP) is 1.41. The van der Waals surface area contributed by atoms with Crippen LogP contribution in [0.3, 0.4) is 0 Å². The summed E-state index contributed by atoms with van der Waals surface area (Å²) in [6.07, 6.45) is -1.55. The fraction of sp³-hybridized carbons (Fsp3) is 0.333. The molecule has 142 valence electrons. The number of aliphatic hydroxyl groups excluding tert-OH is 2. The lowest BCUT2D eigenvalue weighted by atomic mass is 9.88. The van der Waals surface area contributed by atoms with Crippen LogP contribution in [0.15, 0.2) is 42.9 Å². The zero-order chi connectivity index (χ0) is 19.3. The molecule has 0 amide bonds. The first-order chi connectivity index (χ1) is 12.8. The molecule has 3 heterocycles. The number of aliphatic hydroxyl groups is 3. The summed E-state index contributed by atoms with van der Waals surface area (Å²) >= 11 is 5.89. The van der Waals surface area contributed by atoms with Gasteiger partial charge in [0.05, 0.1) is 5.39 Å². The molecule has 27 heavy (non-hydrogen) atoms. The van der Waals surface area contributed by atoms with Crippen molar-refractivity contribution in [2.24, 2.45) is 0 Å². The van der Waals surface area contributed by atoms with E-state index >= 15 is 0 Å².